The molecule has 0 spiro atoms. The summed E-state index contributed by atoms with van der Waals surface area (Å²) in [6.45, 7) is 6.44. The minimum atomic E-state index is -0.421. The zero-order chi connectivity index (χ0) is 14.2. The number of hydrogen-bond acceptors (Lipinski definition) is 5. The van der Waals surface area contributed by atoms with Gasteiger partial charge in [0.15, 0.2) is 0 Å². The van der Waals surface area contributed by atoms with Crippen molar-refractivity contribution in [1.82, 2.24) is 4.90 Å². The van der Waals surface area contributed by atoms with Crippen LogP contribution in [0.3, 0.4) is 0 Å². The van der Waals surface area contributed by atoms with Gasteiger partial charge in [0.05, 0.1) is 25.4 Å². The van der Waals surface area contributed by atoms with Gasteiger partial charge in [-0.2, -0.15) is 0 Å². The molecule has 1 aromatic rings. The molecular weight excluding hydrogens is 274 g/mol. The number of aliphatic hydroxyl groups excluding tert-OH is 1. The number of thiophene rings is 1. The fraction of sp³-hybridized carbons (Fsp3) is 0.733. The summed E-state index contributed by atoms with van der Waals surface area (Å²) in [5.74, 6) is 0. The highest BCUT2D eigenvalue weighted by atomic mass is 32.1. The van der Waals surface area contributed by atoms with Crippen LogP contribution in [0.2, 0.25) is 0 Å². The maximum Gasteiger partial charge on any atom is 0.0900 e. The van der Waals surface area contributed by atoms with E-state index in [4.69, 9.17) is 9.47 Å². The van der Waals surface area contributed by atoms with E-state index < -0.39 is 6.10 Å². The Labute approximate surface area is 125 Å². The summed E-state index contributed by atoms with van der Waals surface area (Å²) in [5, 5.41) is 12.1. The van der Waals surface area contributed by atoms with E-state index in [1.807, 2.05) is 24.4 Å². The van der Waals surface area contributed by atoms with E-state index in [0.29, 0.717) is 25.9 Å². The lowest BCUT2D eigenvalue weighted by Crippen LogP contribution is -2.44. The number of likely N-dealkylation sites (tertiary alicyclic amines) is 1. The van der Waals surface area contributed by atoms with Gasteiger partial charge < -0.3 is 14.6 Å². The molecule has 1 fully saturated rings. The first kappa shape index (κ1) is 15.9. The molecule has 1 aliphatic rings. The van der Waals surface area contributed by atoms with Crippen LogP contribution in [0, 0.1) is 0 Å². The van der Waals surface area contributed by atoms with Gasteiger partial charge >= 0.3 is 0 Å². The van der Waals surface area contributed by atoms with Crippen molar-refractivity contribution in [2.45, 2.75) is 38.6 Å². The molecule has 0 amide bonds. The molecule has 5 heteroatoms. The van der Waals surface area contributed by atoms with Crippen LogP contribution in [0.15, 0.2) is 17.5 Å². The predicted octanol–water partition coefficient (Wildman–Crippen LogP) is 2.13. The molecule has 114 valence electrons. The summed E-state index contributed by atoms with van der Waals surface area (Å²) in [6, 6.07) is 4.07. The smallest absolute Gasteiger partial charge is 0.0900 e. The van der Waals surface area contributed by atoms with Crippen molar-refractivity contribution in [2.75, 3.05) is 32.8 Å². The normalized spacial score (nSPS) is 22.0. The highest BCUT2D eigenvalue weighted by Gasteiger charge is 2.21. The highest BCUT2D eigenvalue weighted by molar-refractivity contribution is 7.09. The van der Waals surface area contributed by atoms with Crippen molar-refractivity contribution in [3.8, 4) is 0 Å². The number of piperidine rings is 1. The van der Waals surface area contributed by atoms with Crippen molar-refractivity contribution in [1.29, 1.82) is 0 Å². The summed E-state index contributed by atoms with van der Waals surface area (Å²) in [6.07, 6.45) is 2.19. The Balaban J connectivity index is 1.62. The van der Waals surface area contributed by atoms with Crippen molar-refractivity contribution in [3.05, 3.63) is 22.4 Å². The number of rotatable bonds is 8. The van der Waals surface area contributed by atoms with Gasteiger partial charge in [0.1, 0.15) is 0 Å². The van der Waals surface area contributed by atoms with E-state index in [1.165, 1.54) is 4.88 Å². The van der Waals surface area contributed by atoms with E-state index in [9.17, 15) is 5.11 Å². The monoisotopic (exact) mass is 299 g/mol. The van der Waals surface area contributed by atoms with Gasteiger partial charge in [0.2, 0.25) is 0 Å². The number of nitrogens with zero attached hydrogens (tertiary/aromatic N) is 1. The second kappa shape index (κ2) is 8.74. The first-order valence-electron chi connectivity index (χ1n) is 7.40. The molecule has 2 unspecified atom stereocenters. The minimum absolute atomic E-state index is 0.327. The highest BCUT2D eigenvalue weighted by Crippen LogP contribution is 2.14. The zero-order valence-corrected chi connectivity index (χ0v) is 13.0. The van der Waals surface area contributed by atoms with Crippen LogP contribution in [0.25, 0.3) is 0 Å². The molecule has 2 atom stereocenters. The Morgan fingerprint density at radius 3 is 3.20 bits per heavy atom. The minimum Gasteiger partial charge on any atom is -0.389 e. The summed E-state index contributed by atoms with van der Waals surface area (Å²) in [7, 11) is 0. The molecule has 0 aromatic carbocycles. The predicted molar refractivity (Wildman–Crippen MR) is 81.1 cm³/mol. The van der Waals surface area contributed by atoms with Gasteiger partial charge in [0, 0.05) is 24.6 Å². The maximum atomic E-state index is 10.0. The second-order valence-electron chi connectivity index (χ2n) is 5.23. The topological polar surface area (TPSA) is 41.9 Å². The first-order valence-corrected chi connectivity index (χ1v) is 8.28. The fourth-order valence-corrected chi connectivity index (χ4v) is 3.23. The van der Waals surface area contributed by atoms with Crippen LogP contribution < -0.4 is 0 Å². The molecule has 1 aliphatic heterocycles. The van der Waals surface area contributed by atoms with Crippen LogP contribution >= 0.6 is 11.3 Å². The van der Waals surface area contributed by atoms with Crippen LogP contribution in [-0.2, 0) is 16.1 Å². The molecule has 0 bridgehead atoms. The Morgan fingerprint density at radius 1 is 1.55 bits per heavy atom. The van der Waals surface area contributed by atoms with Crippen LogP contribution in [0.1, 0.15) is 24.6 Å². The molecule has 2 heterocycles. The average Bonchev–Trinajstić information content (AvgIpc) is 2.93. The van der Waals surface area contributed by atoms with Gasteiger partial charge in [-0.25, -0.2) is 0 Å². The number of ether oxygens (including phenoxy) is 2. The van der Waals surface area contributed by atoms with E-state index in [-0.39, 0.29) is 0 Å². The second-order valence-corrected chi connectivity index (χ2v) is 6.26. The van der Waals surface area contributed by atoms with Gasteiger partial charge in [-0.1, -0.05) is 6.07 Å². The van der Waals surface area contributed by atoms with Gasteiger partial charge in [-0.05, 0) is 37.8 Å². The van der Waals surface area contributed by atoms with Crippen molar-refractivity contribution >= 4 is 11.3 Å². The van der Waals surface area contributed by atoms with Crippen LogP contribution in [0.5, 0.6) is 0 Å². The van der Waals surface area contributed by atoms with E-state index in [0.717, 1.165) is 32.5 Å². The van der Waals surface area contributed by atoms with Gasteiger partial charge in [0.25, 0.3) is 0 Å². The Hall–Kier alpha value is -0.460. The molecule has 1 aromatic heterocycles. The molecular formula is C15H25NO3S. The molecule has 20 heavy (non-hydrogen) atoms. The van der Waals surface area contributed by atoms with E-state index in [1.54, 1.807) is 11.3 Å². The number of β-amino-alcohol motifs (C(OH)–C–C–N with tert-alkyl or cyclic N) is 1. The quantitative estimate of drug-likeness (QED) is 0.798. The maximum absolute atomic E-state index is 10.0. The summed E-state index contributed by atoms with van der Waals surface area (Å²) < 4.78 is 11.2. The lowest BCUT2D eigenvalue weighted by molar-refractivity contribution is -0.0256. The Bertz CT molecular complexity index is 356. The lowest BCUT2D eigenvalue weighted by atomic mass is 10.1. The molecule has 2 rings (SSSR count). The lowest BCUT2D eigenvalue weighted by Gasteiger charge is -2.33. The third kappa shape index (κ3) is 5.50. The summed E-state index contributed by atoms with van der Waals surface area (Å²) in [5.41, 5.74) is 0. The standard InChI is InChI=1S/C15H25NO3S/c1-2-19-14-5-3-7-16(10-14)9-13(17)11-18-12-15-6-4-8-20-15/h4,6,8,13-14,17H,2-3,5,7,9-12H2,1H3. The molecule has 0 aliphatic carbocycles. The largest absolute Gasteiger partial charge is 0.389 e. The Kier molecular flexibility index (Phi) is 6.96. The van der Waals surface area contributed by atoms with Crippen LogP contribution in [0.4, 0.5) is 0 Å². The zero-order valence-electron chi connectivity index (χ0n) is 12.2. The molecule has 1 N–H and O–H groups in total. The summed E-state index contributed by atoms with van der Waals surface area (Å²) >= 11 is 1.68. The number of hydrogen-bond donors (Lipinski definition) is 1. The van der Waals surface area contributed by atoms with Crippen molar-refractivity contribution < 1.29 is 14.6 Å². The molecule has 4 nitrogen and oxygen atoms in total. The third-order valence-corrected chi connectivity index (χ3v) is 4.32. The summed E-state index contributed by atoms with van der Waals surface area (Å²) in [4.78, 5) is 3.48. The van der Waals surface area contributed by atoms with E-state index in [2.05, 4.69) is 4.90 Å². The molecule has 0 radical (unpaired) electrons. The van der Waals surface area contributed by atoms with Crippen molar-refractivity contribution in [3.63, 3.8) is 0 Å². The van der Waals surface area contributed by atoms with Gasteiger partial charge in [-0.15, -0.1) is 11.3 Å². The van der Waals surface area contributed by atoms with Crippen LogP contribution in [-0.4, -0.2) is 55.1 Å². The third-order valence-electron chi connectivity index (χ3n) is 3.47. The SMILES string of the molecule is CCOC1CCCN(CC(O)COCc2cccs2)C1. The number of aliphatic hydroxyl groups is 1. The van der Waals surface area contributed by atoms with Gasteiger partial charge in [-0.3, -0.25) is 4.90 Å². The fourth-order valence-electron chi connectivity index (χ4n) is 2.59. The first-order chi connectivity index (χ1) is 9.78. The van der Waals surface area contributed by atoms with Crippen molar-refractivity contribution in [2.24, 2.45) is 0 Å². The van der Waals surface area contributed by atoms with E-state index >= 15 is 0 Å². The average molecular weight is 299 g/mol. The Morgan fingerprint density at radius 2 is 2.45 bits per heavy atom. The molecule has 1 saturated heterocycles. The molecule has 0 saturated carbocycles.